The summed E-state index contributed by atoms with van der Waals surface area (Å²) in [5, 5.41) is 2.52. The number of aryl methyl sites for hydroxylation is 1. The highest BCUT2D eigenvalue weighted by Crippen LogP contribution is 2.22. The molecule has 0 spiro atoms. The van der Waals surface area contributed by atoms with Gasteiger partial charge < -0.3 is 5.32 Å². The van der Waals surface area contributed by atoms with Crippen LogP contribution in [0.25, 0.3) is 0 Å². The van der Waals surface area contributed by atoms with Gasteiger partial charge in [-0.25, -0.2) is 12.8 Å². The van der Waals surface area contributed by atoms with Gasteiger partial charge in [0.15, 0.2) is 9.84 Å². The van der Waals surface area contributed by atoms with Gasteiger partial charge in [-0.2, -0.15) is 0 Å². The van der Waals surface area contributed by atoms with Crippen molar-refractivity contribution in [3.8, 4) is 0 Å². The highest BCUT2D eigenvalue weighted by Gasteiger charge is 2.17. The molecule has 4 nitrogen and oxygen atoms in total. The second-order valence-corrected chi connectivity index (χ2v) is 7.57. The molecule has 0 heterocycles. The van der Waals surface area contributed by atoms with E-state index >= 15 is 0 Å². The van der Waals surface area contributed by atoms with E-state index in [1.165, 1.54) is 18.2 Å². The molecule has 0 fully saturated rings. The van der Waals surface area contributed by atoms with Crippen LogP contribution in [0.2, 0.25) is 5.02 Å². The first kappa shape index (κ1) is 17.4. The summed E-state index contributed by atoms with van der Waals surface area (Å²) < 4.78 is 37.2. The Balaban J connectivity index is 1.99. The number of nitrogens with one attached hydrogen (secondary N) is 1. The van der Waals surface area contributed by atoms with Gasteiger partial charge in [0.1, 0.15) is 5.82 Å². The smallest absolute Gasteiger partial charge is 0.225 e. The van der Waals surface area contributed by atoms with Crippen LogP contribution in [0.15, 0.2) is 47.4 Å². The Hall–Kier alpha value is -1.92. The topological polar surface area (TPSA) is 63.2 Å². The molecule has 1 amide bonds. The molecule has 1 N–H and O–H groups in total. The summed E-state index contributed by atoms with van der Waals surface area (Å²) in [6, 6.07) is 9.98. The molecule has 0 aromatic heterocycles. The number of anilines is 1. The lowest BCUT2D eigenvalue weighted by Gasteiger charge is -2.08. The van der Waals surface area contributed by atoms with Gasteiger partial charge in [-0.15, -0.1) is 0 Å². The highest BCUT2D eigenvalue weighted by atomic mass is 35.5. The summed E-state index contributed by atoms with van der Waals surface area (Å²) in [5.41, 5.74) is 1.19. The highest BCUT2D eigenvalue weighted by molar-refractivity contribution is 7.91. The quantitative estimate of drug-likeness (QED) is 0.891. The summed E-state index contributed by atoms with van der Waals surface area (Å²) in [5.74, 6) is -1.34. The van der Waals surface area contributed by atoms with Crippen molar-refractivity contribution in [2.75, 3.05) is 11.1 Å². The number of amides is 1. The fourth-order valence-electron chi connectivity index (χ4n) is 1.89. The van der Waals surface area contributed by atoms with E-state index in [0.717, 1.165) is 17.7 Å². The fourth-order valence-corrected chi connectivity index (χ4v) is 3.35. The molecule has 0 unspecified atom stereocenters. The standard InChI is InChI=1S/C16H15ClFNO3S/c1-11-2-5-13(6-3-11)23(21,22)9-8-16(20)19-15-7-4-12(18)10-14(15)17/h2-7,10H,8-9H2,1H3,(H,19,20). The third-order valence-electron chi connectivity index (χ3n) is 3.18. The first-order valence-electron chi connectivity index (χ1n) is 6.82. The third-order valence-corrected chi connectivity index (χ3v) is 5.23. The number of halogens is 2. The lowest BCUT2D eigenvalue weighted by Crippen LogP contribution is -2.17. The summed E-state index contributed by atoms with van der Waals surface area (Å²) in [6.07, 6.45) is -0.218. The first-order chi connectivity index (χ1) is 10.8. The largest absolute Gasteiger partial charge is 0.325 e. The average Bonchev–Trinajstić information content (AvgIpc) is 2.49. The van der Waals surface area contributed by atoms with Gasteiger partial charge in [-0.3, -0.25) is 4.79 Å². The second kappa shape index (κ2) is 7.10. The molecular formula is C16H15ClFNO3S. The third kappa shape index (κ3) is 4.77. The molecule has 0 aliphatic heterocycles. The zero-order chi connectivity index (χ0) is 17.0. The van der Waals surface area contributed by atoms with Gasteiger partial charge in [-0.1, -0.05) is 29.3 Å². The summed E-state index contributed by atoms with van der Waals surface area (Å²) in [6.45, 7) is 1.86. The number of benzene rings is 2. The van der Waals surface area contributed by atoms with Crippen molar-refractivity contribution in [3.05, 3.63) is 58.9 Å². The minimum atomic E-state index is -3.54. The zero-order valence-electron chi connectivity index (χ0n) is 12.3. The number of sulfone groups is 1. The Bertz CT molecular complexity index is 820. The van der Waals surface area contributed by atoms with Crippen LogP contribution in [-0.4, -0.2) is 20.1 Å². The molecule has 0 saturated carbocycles. The molecule has 0 aliphatic rings. The Labute approximate surface area is 139 Å². The Morgan fingerprint density at radius 1 is 1.17 bits per heavy atom. The molecule has 122 valence electrons. The number of carbonyl (C=O) groups excluding carboxylic acids is 1. The normalized spacial score (nSPS) is 11.3. The number of rotatable bonds is 5. The van der Waals surface area contributed by atoms with Crippen molar-refractivity contribution in [3.63, 3.8) is 0 Å². The van der Waals surface area contributed by atoms with Gasteiger partial charge in [0.2, 0.25) is 5.91 Å². The van der Waals surface area contributed by atoms with E-state index < -0.39 is 21.6 Å². The summed E-state index contributed by atoms with van der Waals surface area (Å²) in [7, 11) is -3.54. The average molecular weight is 356 g/mol. The van der Waals surface area contributed by atoms with Crippen LogP contribution in [0.1, 0.15) is 12.0 Å². The van der Waals surface area contributed by atoms with Crippen molar-refractivity contribution in [1.29, 1.82) is 0 Å². The molecule has 0 atom stereocenters. The van der Waals surface area contributed by atoms with Crippen molar-refractivity contribution >= 4 is 33.0 Å². The van der Waals surface area contributed by atoms with Gasteiger partial charge in [0, 0.05) is 6.42 Å². The molecule has 2 aromatic rings. The Morgan fingerprint density at radius 2 is 1.83 bits per heavy atom. The van der Waals surface area contributed by atoms with Gasteiger partial charge in [0.25, 0.3) is 0 Å². The molecule has 0 radical (unpaired) electrons. The van der Waals surface area contributed by atoms with Crippen molar-refractivity contribution < 1.29 is 17.6 Å². The molecule has 7 heteroatoms. The van der Waals surface area contributed by atoms with E-state index in [1.807, 2.05) is 6.92 Å². The zero-order valence-corrected chi connectivity index (χ0v) is 13.9. The van der Waals surface area contributed by atoms with Crippen LogP contribution < -0.4 is 5.32 Å². The lowest BCUT2D eigenvalue weighted by molar-refractivity contribution is -0.115. The van der Waals surface area contributed by atoms with E-state index in [2.05, 4.69) is 5.32 Å². The molecule has 0 aliphatic carbocycles. The molecule has 0 bridgehead atoms. The molecule has 2 aromatic carbocycles. The van der Waals surface area contributed by atoms with Crippen molar-refractivity contribution in [1.82, 2.24) is 0 Å². The van der Waals surface area contributed by atoms with Crippen LogP contribution in [0, 0.1) is 12.7 Å². The summed E-state index contributed by atoms with van der Waals surface area (Å²) >= 11 is 5.80. The minimum absolute atomic E-state index is 0.0553. The monoisotopic (exact) mass is 355 g/mol. The van der Waals surface area contributed by atoms with Crippen LogP contribution in [-0.2, 0) is 14.6 Å². The van der Waals surface area contributed by atoms with Crippen LogP contribution in [0.4, 0.5) is 10.1 Å². The predicted octanol–water partition coefficient (Wildman–Crippen LogP) is 3.59. The SMILES string of the molecule is Cc1ccc(S(=O)(=O)CCC(=O)Nc2ccc(F)cc2Cl)cc1. The van der Waals surface area contributed by atoms with Crippen LogP contribution in [0.5, 0.6) is 0 Å². The van der Waals surface area contributed by atoms with Gasteiger partial charge in [0.05, 0.1) is 21.4 Å². The predicted molar refractivity (Wildman–Crippen MR) is 87.9 cm³/mol. The number of hydrogen-bond acceptors (Lipinski definition) is 3. The minimum Gasteiger partial charge on any atom is -0.325 e. The van der Waals surface area contributed by atoms with Gasteiger partial charge >= 0.3 is 0 Å². The van der Waals surface area contributed by atoms with Crippen LogP contribution in [0.3, 0.4) is 0 Å². The first-order valence-corrected chi connectivity index (χ1v) is 8.85. The van der Waals surface area contributed by atoms with E-state index in [4.69, 9.17) is 11.6 Å². The maximum atomic E-state index is 12.9. The summed E-state index contributed by atoms with van der Waals surface area (Å²) in [4.78, 5) is 12.0. The van der Waals surface area contributed by atoms with E-state index in [9.17, 15) is 17.6 Å². The molecule has 23 heavy (non-hydrogen) atoms. The molecule has 0 saturated heterocycles. The molecule has 2 rings (SSSR count). The molecular weight excluding hydrogens is 341 g/mol. The van der Waals surface area contributed by atoms with Crippen LogP contribution >= 0.6 is 11.6 Å². The fraction of sp³-hybridized carbons (Fsp3) is 0.188. The van der Waals surface area contributed by atoms with Gasteiger partial charge in [-0.05, 0) is 37.3 Å². The Kier molecular flexibility index (Phi) is 5.38. The van der Waals surface area contributed by atoms with Crippen molar-refractivity contribution in [2.45, 2.75) is 18.2 Å². The number of carbonyl (C=O) groups is 1. The Morgan fingerprint density at radius 3 is 2.43 bits per heavy atom. The number of hydrogen-bond donors (Lipinski definition) is 1. The second-order valence-electron chi connectivity index (χ2n) is 5.05. The van der Waals surface area contributed by atoms with E-state index in [-0.39, 0.29) is 27.8 Å². The van der Waals surface area contributed by atoms with E-state index in [1.54, 1.807) is 12.1 Å². The van der Waals surface area contributed by atoms with Crippen molar-refractivity contribution in [2.24, 2.45) is 0 Å². The maximum absolute atomic E-state index is 12.9. The maximum Gasteiger partial charge on any atom is 0.225 e. The van der Waals surface area contributed by atoms with E-state index in [0.29, 0.717) is 0 Å². The lowest BCUT2D eigenvalue weighted by atomic mass is 10.2.